The average molecular weight is 515 g/mol. The number of carbonyl (C=O) groups is 1. The Morgan fingerprint density at radius 3 is 2.59 bits per heavy atom. The molecule has 0 unspecified atom stereocenters. The van der Waals surface area contributed by atoms with E-state index in [9.17, 15) is 18.0 Å². The zero-order valence-electron chi connectivity index (χ0n) is 20.2. The summed E-state index contributed by atoms with van der Waals surface area (Å²) in [6.45, 7) is 5.47. The molecule has 1 aliphatic rings. The number of nitrogens with two attached hydrogens (primary N) is 1. The van der Waals surface area contributed by atoms with Gasteiger partial charge in [0.25, 0.3) is 5.91 Å². The summed E-state index contributed by atoms with van der Waals surface area (Å²) < 4.78 is 45.3. The third-order valence-corrected chi connectivity index (χ3v) is 6.30. The normalized spacial score (nSPS) is 14.9. The summed E-state index contributed by atoms with van der Waals surface area (Å²) >= 11 is 0. The van der Waals surface area contributed by atoms with Gasteiger partial charge in [0.1, 0.15) is 5.52 Å². The number of halogens is 3. The molecule has 0 radical (unpaired) electrons. The van der Waals surface area contributed by atoms with Crippen LogP contribution in [-0.4, -0.2) is 70.1 Å². The van der Waals surface area contributed by atoms with Crippen LogP contribution in [0.5, 0.6) is 5.75 Å². The second-order valence-electron chi connectivity index (χ2n) is 8.77. The number of primary amides is 1. The summed E-state index contributed by atoms with van der Waals surface area (Å²) in [5.41, 5.74) is 7.50. The number of rotatable bonds is 6. The standard InChI is InChI=1S/C24H25F3N8O2/c1-3-35-21-16(20(32-35)22(28)36)6-4-14-13-29-23(31-19(14)21)30-17-12-15(34-10-8-33(2)9-11-34)5-7-18(17)37-24(25,26)27/h4-7,12-13H,3,8-11H2,1-2H3,(H2,28,36)(H,29,30,31). The minimum atomic E-state index is -4.87. The summed E-state index contributed by atoms with van der Waals surface area (Å²) in [7, 11) is 2.02. The van der Waals surface area contributed by atoms with Crippen molar-refractivity contribution < 1.29 is 22.7 Å². The number of alkyl halides is 3. The lowest BCUT2D eigenvalue weighted by Crippen LogP contribution is -2.44. The Morgan fingerprint density at radius 2 is 1.92 bits per heavy atom. The van der Waals surface area contributed by atoms with Gasteiger partial charge in [-0.1, -0.05) is 6.07 Å². The van der Waals surface area contributed by atoms with Gasteiger partial charge in [0.2, 0.25) is 5.95 Å². The summed E-state index contributed by atoms with van der Waals surface area (Å²) in [4.78, 5) is 25.1. The van der Waals surface area contributed by atoms with Crippen molar-refractivity contribution in [1.82, 2.24) is 24.6 Å². The van der Waals surface area contributed by atoms with Gasteiger partial charge in [-0.3, -0.25) is 9.48 Å². The van der Waals surface area contributed by atoms with Crippen molar-refractivity contribution in [3.05, 3.63) is 42.2 Å². The zero-order chi connectivity index (χ0) is 26.3. The molecule has 0 atom stereocenters. The molecule has 2 aromatic carbocycles. The number of hydrogen-bond acceptors (Lipinski definition) is 8. The van der Waals surface area contributed by atoms with Crippen LogP contribution in [0.4, 0.5) is 30.5 Å². The largest absolute Gasteiger partial charge is 0.573 e. The highest BCUT2D eigenvalue weighted by Gasteiger charge is 2.32. The summed E-state index contributed by atoms with van der Waals surface area (Å²) in [6, 6.07) is 7.95. The van der Waals surface area contributed by atoms with E-state index >= 15 is 0 Å². The van der Waals surface area contributed by atoms with Crippen LogP contribution in [0.2, 0.25) is 0 Å². The minimum Gasteiger partial charge on any atom is -0.404 e. The third-order valence-electron chi connectivity index (χ3n) is 6.30. The molecule has 3 heterocycles. The first kappa shape index (κ1) is 24.6. The fourth-order valence-electron chi connectivity index (χ4n) is 4.44. The number of amides is 1. The van der Waals surface area contributed by atoms with Crippen molar-refractivity contribution in [1.29, 1.82) is 0 Å². The van der Waals surface area contributed by atoms with Gasteiger partial charge in [0, 0.05) is 55.4 Å². The van der Waals surface area contributed by atoms with Crippen molar-refractivity contribution in [3.63, 3.8) is 0 Å². The number of fused-ring (bicyclic) bond motifs is 3. The minimum absolute atomic E-state index is 0.0621. The van der Waals surface area contributed by atoms with E-state index in [0.717, 1.165) is 31.9 Å². The Labute approximate surface area is 209 Å². The number of aryl methyl sites for hydroxylation is 1. The van der Waals surface area contributed by atoms with E-state index in [1.165, 1.54) is 6.07 Å². The van der Waals surface area contributed by atoms with Gasteiger partial charge < -0.3 is 25.6 Å². The monoisotopic (exact) mass is 514 g/mol. The van der Waals surface area contributed by atoms with E-state index < -0.39 is 18.0 Å². The van der Waals surface area contributed by atoms with Gasteiger partial charge >= 0.3 is 6.36 Å². The lowest BCUT2D eigenvalue weighted by Gasteiger charge is -2.34. The number of benzene rings is 2. The van der Waals surface area contributed by atoms with E-state index in [4.69, 9.17) is 5.73 Å². The SMILES string of the molecule is CCn1nc(C(N)=O)c2ccc3cnc(Nc4cc(N5CCN(C)CC5)ccc4OC(F)(F)F)nc3c21. The number of ether oxygens (including phenoxy) is 1. The molecular weight excluding hydrogens is 489 g/mol. The lowest BCUT2D eigenvalue weighted by molar-refractivity contribution is -0.274. The maximum absolute atomic E-state index is 13.1. The first-order valence-electron chi connectivity index (χ1n) is 11.7. The highest BCUT2D eigenvalue weighted by atomic mass is 19.4. The summed E-state index contributed by atoms with van der Waals surface area (Å²) in [6.07, 6.45) is -3.32. The van der Waals surface area contributed by atoms with E-state index in [1.54, 1.807) is 35.1 Å². The van der Waals surface area contributed by atoms with Gasteiger partial charge in [-0.15, -0.1) is 13.2 Å². The topological polar surface area (TPSA) is 114 Å². The molecule has 1 saturated heterocycles. The molecule has 1 amide bonds. The van der Waals surface area contributed by atoms with Crippen LogP contribution in [-0.2, 0) is 6.54 Å². The fourth-order valence-corrected chi connectivity index (χ4v) is 4.44. The number of nitrogens with zero attached hydrogens (tertiary/aromatic N) is 6. The number of hydrogen-bond donors (Lipinski definition) is 2. The molecule has 0 bridgehead atoms. The molecule has 3 N–H and O–H groups in total. The average Bonchev–Trinajstić information content (AvgIpc) is 3.24. The molecule has 13 heteroatoms. The van der Waals surface area contributed by atoms with E-state index in [0.29, 0.717) is 28.4 Å². The van der Waals surface area contributed by atoms with Gasteiger partial charge in [0.05, 0.1) is 11.2 Å². The van der Waals surface area contributed by atoms with E-state index in [2.05, 4.69) is 34.9 Å². The maximum atomic E-state index is 13.1. The van der Waals surface area contributed by atoms with Crippen molar-refractivity contribution in [2.45, 2.75) is 19.8 Å². The maximum Gasteiger partial charge on any atom is 0.573 e. The van der Waals surface area contributed by atoms with Crippen LogP contribution in [0.25, 0.3) is 21.8 Å². The first-order chi connectivity index (χ1) is 17.6. The van der Waals surface area contributed by atoms with Crippen LogP contribution >= 0.6 is 0 Å². The van der Waals surface area contributed by atoms with E-state index in [1.807, 2.05) is 14.0 Å². The van der Waals surface area contributed by atoms with E-state index in [-0.39, 0.29) is 17.3 Å². The quantitative estimate of drug-likeness (QED) is 0.402. The molecule has 10 nitrogen and oxygen atoms in total. The smallest absolute Gasteiger partial charge is 0.404 e. The molecule has 194 valence electrons. The second kappa shape index (κ2) is 9.39. The van der Waals surface area contributed by atoms with Crippen LogP contribution in [0, 0.1) is 0 Å². The predicted molar refractivity (Wildman–Crippen MR) is 133 cm³/mol. The number of likely N-dealkylation sites (N-methyl/N-ethyl adjacent to an activating group) is 1. The highest BCUT2D eigenvalue weighted by Crippen LogP contribution is 2.36. The second-order valence-corrected chi connectivity index (χ2v) is 8.77. The van der Waals surface area contributed by atoms with Crippen molar-refractivity contribution >= 4 is 45.0 Å². The Balaban J connectivity index is 1.58. The molecular formula is C24H25F3N8O2. The number of anilines is 3. The Morgan fingerprint density at radius 1 is 1.16 bits per heavy atom. The zero-order valence-corrected chi connectivity index (χ0v) is 20.2. The Hall–Kier alpha value is -4.13. The predicted octanol–water partition coefficient (Wildman–Crippen LogP) is 3.49. The van der Waals surface area contributed by atoms with Crippen LogP contribution in [0.15, 0.2) is 36.5 Å². The van der Waals surface area contributed by atoms with Crippen molar-refractivity contribution in [3.8, 4) is 5.75 Å². The molecule has 37 heavy (non-hydrogen) atoms. The van der Waals surface area contributed by atoms with Crippen LogP contribution < -0.4 is 20.7 Å². The van der Waals surface area contributed by atoms with Gasteiger partial charge in [0.15, 0.2) is 11.4 Å². The third kappa shape index (κ3) is 4.94. The molecule has 1 fully saturated rings. The van der Waals surface area contributed by atoms with Gasteiger partial charge in [-0.25, -0.2) is 9.97 Å². The summed E-state index contributed by atoms with van der Waals surface area (Å²) in [5, 5.41) is 8.40. The van der Waals surface area contributed by atoms with Gasteiger partial charge in [-0.2, -0.15) is 5.10 Å². The number of nitrogens with one attached hydrogen (secondary N) is 1. The summed E-state index contributed by atoms with van der Waals surface area (Å²) in [5.74, 6) is -1.01. The molecule has 0 saturated carbocycles. The van der Waals surface area contributed by atoms with Gasteiger partial charge in [-0.05, 0) is 38.2 Å². The number of carbonyl (C=O) groups excluding carboxylic acids is 1. The fraction of sp³-hybridized carbons (Fsp3) is 0.333. The first-order valence-corrected chi connectivity index (χ1v) is 11.7. The lowest BCUT2D eigenvalue weighted by atomic mass is 10.1. The molecule has 5 rings (SSSR count). The van der Waals surface area contributed by atoms with Crippen molar-refractivity contribution in [2.24, 2.45) is 5.73 Å². The van der Waals surface area contributed by atoms with Crippen LogP contribution in [0.3, 0.4) is 0 Å². The molecule has 1 aliphatic heterocycles. The Kier molecular flexibility index (Phi) is 6.23. The molecule has 4 aromatic rings. The molecule has 2 aromatic heterocycles. The highest BCUT2D eigenvalue weighted by molar-refractivity contribution is 6.11. The Bertz CT molecular complexity index is 1480. The van der Waals surface area contributed by atoms with Crippen molar-refractivity contribution in [2.75, 3.05) is 43.4 Å². The molecule has 0 aliphatic carbocycles. The number of piperazine rings is 1. The van der Waals surface area contributed by atoms with Crippen LogP contribution in [0.1, 0.15) is 17.4 Å². The molecule has 0 spiro atoms. The number of aromatic nitrogens is 4.